The number of carbonyl (C=O) groups is 2. The summed E-state index contributed by atoms with van der Waals surface area (Å²) in [4.78, 5) is 25.6. The summed E-state index contributed by atoms with van der Waals surface area (Å²) in [6.45, 7) is 1.75. The molecule has 1 amide bonds. The Morgan fingerprint density at radius 2 is 1.91 bits per heavy atom. The molecule has 0 aromatic heterocycles. The lowest BCUT2D eigenvalue weighted by atomic mass is 9.89. The molecule has 0 bridgehead atoms. The zero-order valence-electron chi connectivity index (χ0n) is 12.2. The number of benzene rings is 1. The number of aliphatic carboxylic acids is 1. The molecule has 2 saturated heterocycles. The van der Waals surface area contributed by atoms with Crippen LogP contribution in [0.2, 0.25) is 0 Å². The molecule has 3 rings (SSSR count). The quantitative estimate of drug-likeness (QED) is 0.891. The third kappa shape index (κ3) is 2.98. The topological polar surface area (TPSA) is 76.1 Å². The minimum absolute atomic E-state index is 0.176. The Labute approximate surface area is 128 Å². The number of carboxylic acids is 1. The summed E-state index contributed by atoms with van der Waals surface area (Å²) in [7, 11) is 0. The number of hydrogen-bond donors (Lipinski definition) is 1. The molecular formula is C16H19NO5. The van der Waals surface area contributed by atoms with Crippen LogP contribution in [-0.2, 0) is 19.1 Å². The molecule has 3 atom stereocenters. The fraction of sp³-hybridized carbons (Fsp3) is 0.500. The van der Waals surface area contributed by atoms with Crippen molar-refractivity contribution in [3.05, 3.63) is 35.9 Å². The first-order valence-corrected chi connectivity index (χ1v) is 7.42. The van der Waals surface area contributed by atoms with Crippen LogP contribution >= 0.6 is 0 Å². The lowest BCUT2D eigenvalue weighted by Gasteiger charge is -2.26. The van der Waals surface area contributed by atoms with Gasteiger partial charge in [0.15, 0.2) is 6.10 Å². The maximum Gasteiger partial charge on any atom is 0.308 e. The molecule has 0 aliphatic carbocycles. The van der Waals surface area contributed by atoms with Crippen LogP contribution in [0.4, 0.5) is 0 Å². The van der Waals surface area contributed by atoms with Crippen LogP contribution < -0.4 is 0 Å². The fourth-order valence-electron chi connectivity index (χ4n) is 3.11. The van der Waals surface area contributed by atoms with E-state index in [9.17, 15) is 14.7 Å². The molecule has 0 spiro atoms. The highest BCUT2D eigenvalue weighted by atomic mass is 16.6. The summed E-state index contributed by atoms with van der Waals surface area (Å²) >= 11 is 0. The van der Waals surface area contributed by atoms with Crippen molar-refractivity contribution in [1.29, 1.82) is 0 Å². The van der Waals surface area contributed by atoms with E-state index in [0.29, 0.717) is 19.8 Å². The van der Waals surface area contributed by atoms with Crippen molar-refractivity contribution >= 4 is 11.9 Å². The third-order valence-electron chi connectivity index (χ3n) is 4.27. The van der Waals surface area contributed by atoms with Crippen molar-refractivity contribution < 1.29 is 24.2 Å². The molecule has 6 heteroatoms. The van der Waals surface area contributed by atoms with Gasteiger partial charge in [0.05, 0.1) is 25.7 Å². The summed E-state index contributed by atoms with van der Waals surface area (Å²) in [5.41, 5.74) is 0.950. The largest absolute Gasteiger partial charge is 0.481 e. The fourth-order valence-corrected chi connectivity index (χ4v) is 3.11. The van der Waals surface area contributed by atoms with E-state index in [1.54, 1.807) is 4.90 Å². The minimum Gasteiger partial charge on any atom is -0.481 e. The summed E-state index contributed by atoms with van der Waals surface area (Å²) in [5.74, 6) is -1.82. The van der Waals surface area contributed by atoms with Crippen LogP contribution in [0.5, 0.6) is 0 Å². The molecule has 1 aromatic rings. The van der Waals surface area contributed by atoms with E-state index in [-0.39, 0.29) is 25.0 Å². The average Bonchev–Trinajstić information content (AvgIpc) is 3.01. The van der Waals surface area contributed by atoms with E-state index in [1.165, 1.54) is 0 Å². The van der Waals surface area contributed by atoms with Gasteiger partial charge in [-0.3, -0.25) is 9.59 Å². The average molecular weight is 305 g/mol. The third-order valence-corrected chi connectivity index (χ3v) is 4.27. The van der Waals surface area contributed by atoms with Crippen LogP contribution in [0.1, 0.15) is 11.5 Å². The van der Waals surface area contributed by atoms with Gasteiger partial charge < -0.3 is 19.5 Å². The Hall–Kier alpha value is -1.92. The SMILES string of the molecule is O=C(O)[C@@H]1CN(C(=O)C2COCCO2)C[C@@H]1c1ccccc1. The lowest BCUT2D eigenvalue weighted by molar-refractivity contribution is -0.157. The van der Waals surface area contributed by atoms with Crippen molar-refractivity contribution in [3.63, 3.8) is 0 Å². The van der Waals surface area contributed by atoms with Crippen molar-refractivity contribution in [1.82, 2.24) is 4.90 Å². The highest BCUT2D eigenvalue weighted by Crippen LogP contribution is 2.33. The van der Waals surface area contributed by atoms with Gasteiger partial charge in [-0.15, -0.1) is 0 Å². The van der Waals surface area contributed by atoms with E-state index in [0.717, 1.165) is 5.56 Å². The maximum absolute atomic E-state index is 12.5. The first-order valence-electron chi connectivity index (χ1n) is 7.42. The van der Waals surface area contributed by atoms with Crippen LogP contribution in [0, 0.1) is 5.92 Å². The van der Waals surface area contributed by atoms with Gasteiger partial charge in [-0.2, -0.15) is 0 Å². The maximum atomic E-state index is 12.5. The number of carboxylic acid groups (broad SMARTS) is 1. The standard InChI is InChI=1S/C16H19NO5/c18-15(14-10-21-6-7-22-14)17-8-12(13(9-17)16(19)20)11-4-2-1-3-5-11/h1-5,12-14H,6-10H2,(H,19,20)/t12-,13-,14?/m1/s1. The van der Waals surface area contributed by atoms with Crippen molar-refractivity contribution in [3.8, 4) is 0 Å². The smallest absolute Gasteiger partial charge is 0.308 e. The van der Waals surface area contributed by atoms with Gasteiger partial charge in [0.25, 0.3) is 5.91 Å². The molecule has 2 heterocycles. The predicted octanol–water partition coefficient (Wildman–Crippen LogP) is 0.729. The summed E-state index contributed by atoms with van der Waals surface area (Å²) in [5, 5.41) is 9.46. The van der Waals surface area contributed by atoms with E-state index in [1.807, 2.05) is 30.3 Å². The Kier molecular flexibility index (Phi) is 4.40. The van der Waals surface area contributed by atoms with Crippen LogP contribution in [0.15, 0.2) is 30.3 Å². The number of hydrogen-bond acceptors (Lipinski definition) is 4. The zero-order valence-corrected chi connectivity index (χ0v) is 12.2. The molecular weight excluding hydrogens is 286 g/mol. The lowest BCUT2D eigenvalue weighted by Crippen LogP contribution is -2.44. The van der Waals surface area contributed by atoms with Gasteiger partial charge in [0.2, 0.25) is 0 Å². The minimum atomic E-state index is -0.870. The van der Waals surface area contributed by atoms with Gasteiger partial charge >= 0.3 is 5.97 Å². The van der Waals surface area contributed by atoms with Gasteiger partial charge in [0, 0.05) is 19.0 Å². The molecule has 0 saturated carbocycles. The Morgan fingerprint density at radius 3 is 2.55 bits per heavy atom. The Balaban J connectivity index is 1.75. The van der Waals surface area contributed by atoms with Gasteiger partial charge in [-0.1, -0.05) is 30.3 Å². The van der Waals surface area contributed by atoms with Crippen LogP contribution in [0.25, 0.3) is 0 Å². The van der Waals surface area contributed by atoms with Gasteiger partial charge in [0.1, 0.15) is 0 Å². The molecule has 2 aliphatic rings. The van der Waals surface area contributed by atoms with Gasteiger partial charge in [-0.25, -0.2) is 0 Å². The number of carbonyl (C=O) groups excluding carboxylic acids is 1. The van der Waals surface area contributed by atoms with E-state index in [2.05, 4.69) is 0 Å². The van der Waals surface area contributed by atoms with Crippen LogP contribution in [-0.4, -0.2) is 60.9 Å². The van der Waals surface area contributed by atoms with Crippen molar-refractivity contribution in [2.45, 2.75) is 12.0 Å². The highest BCUT2D eigenvalue weighted by molar-refractivity contribution is 5.83. The molecule has 2 aliphatic heterocycles. The summed E-state index contributed by atoms with van der Waals surface area (Å²) in [6, 6.07) is 9.49. The molecule has 6 nitrogen and oxygen atoms in total. The Morgan fingerprint density at radius 1 is 1.14 bits per heavy atom. The number of ether oxygens (including phenoxy) is 2. The molecule has 1 N–H and O–H groups in total. The molecule has 1 unspecified atom stereocenters. The molecule has 22 heavy (non-hydrogen) atoms. The zero-order chi connectivity index (χ0) is 15.5. The second kappa shape index (κ2) is 6.46. The van der Waals surface area contributed by atoms with Crippen molar-refractivity contribution in [2.75, 3.05) is 32.9 Å². The Bertz CT molecular complexity index is 541. The van der Waals surface area contributed by atoms with E-state index in [4.69, 9.17) is 9.47 Å². The van der Waals surface area contributed by atoms with E-state index < -0.39 is 18.0 Å². The molecule has 0 radical (unpaired) electrons. The number of amides is 1. The number of nitrogens with zero attached hydrogens (tertiary/aromatic N) is 1. The van der Waals surface area contributed by atoms with Crippen LogP contribution in [0.3, 0.4) is 0 Å². The second-order valence-corrected chi connectivity index (χ2v) is 5.64. The molecule has 2 fully saturated rings. The monoisotopic (exact) mass is 305 g/mol. The summed E-state index contributed by atoms with van der Waals surface area (Å²) < 4.78 is 10.7. The van der Waals surface area contributed by atoms with E-state index >= 15 is 0 Å². The molecule has 118 valence electrons. The predicted molar refractivity (Wildman–Crippen MR) is 77.4 cm³/mol. The highest BCUT2D eigenvalue weighted by Gasteiger charge is 2.42. The second-order valence-electron chi connectivity index (χ2n) is 5.64. The van der Waals surface area contributed by atoms with Gasteiger partial charge in [-0.05, 0) is 5.56 Å². The summed E-state index contributed by atoms with van der Waals surface area (Å²) in [6.07, 6.45) is -0.613. The number of likely N-dealkylation sites (tertiary alicyclic amines) is 1. The molecule has 1 aromatic carbocycles. The first-order chi connectivity index (χ1) is 10.7. The first kappa shape index (κ1) is 15.0. The van der Waals surface area contributed by atoms with Crippen molar-refractivity contribution in [2.24, 2.45) is 5.92 Å². The normalized spacial score (nSPS) is 28.5. The number of rotatable bonds is 3.